The summed E-state index contributed by atoms with van der Waals surface area (Å²) >= 11 is 11.9. The number of halogens is 2. The molecule has 1 amide bonds. The lowest BCUT2D eigenvalue weighted by atomic mass is 10.2. The molecule has 3 aromatic rings. The summed E-state index contributed by atoms with van der Waals surface area (Å²) in [6.07, 6.45) is 0. The summed E-state index contributed by atoms with van der Waals surface area (Å²) in [5.74, 6) is -0.379. The molecule has 0 fully saturated rings. The average Bonchev–Trinajstić information content (AvgIpc) is 2.85. The van der Waals surface area contributed by atoms with Gasteiger partial charge in [0.25, 0.3) is 5.91 Å². The van der Waals surface area contributed by atoms with E-state index in [2.05, 4.69) is 15.5 Å². The highest BCUT2D eigenvalue weighted by atomic mass is 35.5. The van der Waals surface area contributed by atoms with Crippen LogP contribution in [-0.4, -0.2) is 16.1 Å². The van der Waals surface area contributed by atoms with Gasteiger partial charge < -0.3 is 11.1 Å². The molecule has 3 rings (SSSR count). The van der Waals surface area contributed by atoms with Gasteiger partial charge >= 0.3 is 0 Å². The van der Waals surface area contributed by atoms with E-state index >= 15 is 0 Å². The first-order valence-corrected chi connectivity index (χ1v) is 6.80. The molecule has 21 heavy (non-hydrogen) atoms. The monoisotopic (exact) mass is 320 g/mol. The highest BCUT2D eigenvalue weighted by Gasteiger charge is 2.15. The number of rotatable bonds is 2. The van der Waals surface area contributed by atoms with Gasteiger partial charge in [-0.1, -0.05) is 23.2 Å². The van der Waals surface area contributed by atoms with E-state index in [1.807, 2.05) is 0 Å². The van der Waals surface area contributed by atoms with Crippen LogP contribution >= 0.6 is 23.2 Å². The molecule has 1 heterocycles. The van der Waals surface area contributed by atoms with Gasteiger partial charge in [-0.2, -0.15) is 5.10 Å². The number of H-pyrrole nitrogens is 1. The van der Waals surface area contributed by atoms with Gasteiger partial charge in [-0.3, -0.25) is 9.89 Å². The summed E-state index contributed by atoms with van der Waals surface area (Å²) in [7, 11) is 0. The van der Waals surface area contributed by atoms with Gasteiger partial charge in [0.05, 0.1) is 16.2 Å². The molecule has 0 atom stereocenters. The van der Waals surface area contributed by atoms with Crippen molar-refractivity contribution < 1.29 is 4.79 Å². The molecule has 0 saturated heterocycles. The van der Waals surface area contributed by atoms with E-state index in [0.717, 1.165) is 5.52 Å². The van der Waals surface area contributed by atoms with Crippen LogP contribution < -0.4 is 11.1 Å². The Morgan fingerprint density at radius 3 is 2.76 bits per heavy atom. The van der Waals surface area contributed by atoms with Crippen molar-refractivity contribution in [2.75, 3.05) is 11.1 Å². The Bertz CT molecular complexity index is 844. The number of nitrogens with one attached hydrogen (secondary N) is 2. The second-order valence-corrected chi connectivity index (χ2v) is 5.30. The van der Waals surface area contributed by atoms with Gasteiger partial charge in [-0.05, 0) is 36.4 Å². The third-order valence-electron chi connectivity index (χ3n) is 2.98. The minimum Gasteiger partial charge on any atom is -0.399 e. The standard InChI is InChI=1S/C14H10Cl2N4O/c15-7-1-3-12(10(16)5-7)18-14(21)13-9-6-8(17)2-4-11(9)19-20-13/h1-6H,17H2,(H,18,21)(H,19,20). The molecular formula is C14H10Cl2N4O. The molecule has 2 aromatic carbocycles. The molecule has 7 heteroatoms. The summed E-state index contributed by atoms with van der Waals surface area (Å²) < 4.78 is 0. The molecule has 0 saturated carbocycles. The number of nitrogens with zero attached hydrogens (tertiary/aromatic N) is 1. The fourth-order valence-corrected chi connectivity index (χ4v) is 2.43. The first kappa shape index (κ1) is 13.7. The summed E-state index contributed by atoms with van der Waals surface area (Å²) in [6.45, 7) is 0. The smallest absolute Gasteiger partial charge is 0.276 e. The summed E-state index contributed by atoms with van der Waals surface area (Å²) in [5, 5.41) is 11.0. The van der Waals surface area contributed by atoms with Crippen LogP contribution in [0.15, 0.2) is 36.4 Å². The van der Waals surface area contributed by atoms with E-state index in [1.54, 1.807) is 36.4 Å². The normalized spacial score (nSPS) is 10.8. The maximum Gasteiger partial charge on any atom is 0.276 e. The molecule has 4 N–H and O–H groups in total. The second kappa shape index (κ2) is 5.27. The zero-order valence-corrected chi connectivity index (χ0v) is 12.2. The summed E-state index contributed by atoms with van der Waals surface area (Å²) in [4.78, 5) is 12.3. The zero-order valence-electron chi connectivity index (χ0n) is 10.7. The van der Waals surface area contributed by atoms with Crippen LogP contribution in [0.4, 0.5) is 11.4 Å². The molecule has 0 unspecified atom stereocenters. The molecule has 0 aliphatic rings. The lowest BCUT2D eigenvalue weighted by Crippen LogP contribution is -2.13. The topological polar surface area (TPSA) is 83.8 Å². The maximum absolute atomic E-state index is 12.3. The number of aromatic nitrogens is 2. The first-order valence-electron chi connectivity index (χ1n) is 6.04. The fraction of sp³-hybridized carbons (Fsp3) is 0. The van der Waals surface area contributed by atoms with Crippen molar-refractivity contribution in [3.8, 4) is 0 Å². The Balaban J connectivity index is 1.95. The minimum absolute atomic E-state index is 0.253. The molecule has 0 aliphatic heterocycles. The number of hydrogen-bond acceptors (Lipinski definition) is 3. The molecule has 0 spiro atoms. The zero-order chi connectivity index (χ0) is 15.0. The number of hydrogen-bond donors (Lipinski definition) is 3. The van der Waals surface area contributed by atoms with Crippen LogP contribution in [0, 0.1) is 0 Å². The van der Waals surface area contributed by atoms with Crippen LogP contribution in [0.3, 0.4) is 0 Å². The number of nitrogens with two attached hydrogens (primary N) is 1. The first-order chi connectivity index (χ1) is 10.0. The SMILES string of the molecule is Nc1ccc2[nH]nc(C(=O)Nc3ccc(Cl)cc3Cl)c2c1. The molecule has 5 nitrogen and oxygen atoms in total. The van der Waals surface area contributed by atoms with Crippen LogP contribution in [-0.2, 0) is 0 Å². The maximum atomic E-state index is 12.3. The van der Waals surface area contributed by atoms with E-state index in [0.29, 0.717) is 26.8 Å². The molecule has 0 aliphatic carbocycles. The minimum atomic E-state index is -0.379. The number of aromatic amines is 1. The number of anilines is 2. The number of carbonyl (C=O) groups is 1. The Kier molecular flexibility index (Phi) is 3.45. The molecule has 1 aromatic heterocycles. The highest BCUT2D eigenvalue weighted by molar-refractivity contribution is 6.36. The fourth-order valence-electron chi connectivity index (χ4n) is 1.98. The molecule has 0 bridgehead atoms. The predicted molar refractivity (Wildman–Crippen MR) is 84.9 cm³/mol. The quantitative estimate of drug-likeness (QED) is 0.629. The van der Waals surface area contributed by atoms with Crippen molar-refractivity contribution in [2.45, 2.75) is 0 Å². The number of amides is 1. The van der Waals surface area contributed by atoms with Gasteiger partial charge in [-0.15, -0.1) is 0 Å². The Morgan fingerprint density at radius 1 is 1.19 bits per heavy atom. The van der Waals surface area contributed by atoms with Crippen LogP contribution in [0.2, 0.25) is 10.0 Å². The van der Waals surface area contributed by atoms with E-state index in [1.165, 1.54) is 0 Å². The van der Waals surface area contributed by atoms with Gasteiger partial charge in [0.15, 0.2) is 5.69 Å². The van der Waals surface area contributed by atoms with E-state index in [-0.39, 0.29) is 11.6 Å². The van der Waals surface area contributed by atoms with E-state index in [4.69, 9.17) is 28.9 Å². The average molecular weight is 321 g/mol. The Morgan fingerprint density at radius 2 is 2.00 bits per heavy atom. The lowest BCUT2D eigenvalue weighted by Gasteiger charge is -2.06. The lowest BCUT2D eigenvalue weighted by molar-refractivity contribution is 0.102. The van der Waals surface area contributed by atoms with Gasteiger partial charge in [-0.25, -0.2) is 0 Å². The van der Waals surface area contributed by atoms with E-state index < -0.39 is 0 Å². The van der Waals surface area contributed by atoms with Crippen LogP contribution in [0.1, 0.15) is 10.5 Å². The third kappa shape index (κ3) is 2.66. The van der Waals surface area contributed by atoms with Gasteiger partial charge in [0.2, 0.25) is 0 Å². The second-order valence-electron chi connectivity index (χ2n) is 4.46. The van der Waals surface area contributed by atoms with Crippen molar-refractivity contribution >= 4 is 51.4 Å². The van der Waals surface area contributed by atoms with Crippen LogP contribution in [0.25, 0.3) is 10.9 Å². The predicted octanol–water partition coefficient (Wildman–Crippen LogP) is 3.70. The van der Waals surface area contributed by atoms with Crippen molar-refractivity contribution in [2.24, 2.45) is 0 Å². The molecule has 106 valence electrons. The molecular weight excluding hydrogens is 311 g/mol. The summed E-state index contributed by atoms with van der Waals surface area (Å²) in [5.41, 5.74) is 7.74. The van der Waals surface area contributed by atoms with Crippen molar-refractivity contribution in [1.82, 2.24) is 10.2 Å². The van der Waals surface area contributed by atoms with Crippen LogP contribution in [0.5, 0.6) is 0 Å². The number of nitrogen functional groups attached to an aromatic ring is 1. The van der Waals surface area contributed by atoms with E-state index in [9.17, 15) is 4.79 Å². The Hall–Kier alpha value is -2.24. The van der Waals surface area contributed by atoms with Crippen molar-refractivity contribution in [3.63, 3.8) is 0 Å². The Labute approximate surface area is 130 Å². The third-order valence-corrected chi connectivity index (χ3v) is 3.53. The van der Waals surface area contributed by atoms with Crippen molar-refractivity contribution in [1.29, 1.82) is 0 Å². The van der Waals surface area contributed by atoms with Gasteiger partial charge in [0.1, 0.15) is 0 Å². The molecule has 0 radical (unpaired) electrons. The highest BCUT2D eigenvalue weighted by Crippen LogP contribution is 2.26. The number of benzene rings is 2. The summed E-state index contributed by atoms with van der Waals surface area (Å²) in [6, 6.07) is 10.0. The number of carbonyl (C=O) groups excluding carboxylic acids is 1. The van der Waals surface area contributed by atoms with Gasteiger partial charge in [0, 0.05) is 16.1 Å². The largest absolute Gasteiger partial charge is 0.399 e. The number of fused-ring (bicyclic) bond motifs is 1. The van der Waals surface area contributed by atoms with Crippen molar-refractivity contribution in [3.05, 3.63) is 52.1 Å².